The van der Waals surface area contributed by atoms with Gasteiger partial charge in [-0.3, -0.25) is 24.4 Å². The number of amides is 3. The topological polar surface area (TPSA) is 107 Å². The molecule has 3 amide bonds. The average Bonchev–Trinajstić information content (AvgIpc) is 3.26. The lowest BCUT2D eigenvalue weighted by Crippen LogP contribution is -2.52. The zero-order chi connectivity index (χ0) is 19.0. The second kappa shape index (κ2) is 6.56. The Morgan fingerprint density at radius 2 is 2.07 bits per heavy atom. The highest BCUT2D eigenvalue weighted by molar-refractivity contribution is 6.19. The molecule has 1 atom stereocenters. The van der Waals surface area contributed by atoms with Crippen molar-refractivity contribution in [2.75, 3.05) is 5.32 Å². The molecule has 2 aromatic rings. The second-order valence-electron chi connectivity index (χ2n) is 6.39. The van der Waals surface area contributed by atoms with Crippen LogP contribution in [0.15, 0.2) is 60.6 Å². The number of H-pyrrole nitrogens is 1. The smallest absolute Gasteiger partial charge is 0.278 e. The van der Waals surface area contributed by atoms with Crippen LogP contribution in [0.4, 0.5) is 5.69 Å². The number of piperidine rings is 1. The van der Waals surface area contributed by atoms with Crippen molar-refractivity contribution < 1.29 is 14.4 Å². The number of aromatic amines is 1. The summed E-state index contributed by atoms with van der Waals surface area (Å²) in [6.45, 7) is 3.71. The molecule has 3 N–H and O–H groups in total. The highest BCUT2D eigenvalue weighted by Crippen LogP contribution is 2.26. The van der Waals surface area contributed by atoms with Gasteiger partial charge in [0.1, 0.15) is 11.7 Å². The zero-order valence-electron chi connectivity index (χ0n) is 14.4. The molecular formula is C19H17N5O3. The van der Waals surface area contributed by atoms with Crippen molar-refractivity contribution >= 4 is 23.4 Å². The van der Waals surface area contributed by atoms with E-state index >= 15 is 0 Å². The van der Waals surface area contributed by atoms with Gasteiger partial charge in [0.2, 0.25) is 5.91 Å². The Hall–Kier alpha value is -3.68. The molecule has 4 rings (SSSR count). The largest absolute Gasteiger partial charge is 0.351 e. The van der Waals surface area contributed by atoms with Gasteiger partial charge in [-0.25, -0.2) is 0 Å². The number of carbonyl (C=O) groups excluding carboxylic acids is 3. The number of benzene rings is 1. The summed E-state index contributed by atoms with van der Waals surface area (Å²) >= 11 is 0. The predicted octanol–water partition coefficient (Wildman–Crippen LogP) is 1.53. The molecule has 0 bridgehead atoms. The first-order valence-corrected chi connectivity index (χ1v) is 8.47. The van der Waals surface area contributed by atoms with Crippen LogP contribution in [0, 0.1) is 0 Å². The van der Waals surface area contributed by atoms with Crippen LogP contribution >= 0.6 is 0 Å². The lowest BCUT2D eigenvalue weighted by atomic mass is 10.0. The number of anilines is 1. The van der Waals surface area contributed by atoms with Crippen molar-refractivity contribution in [1.82, 2.24) is 20.4 Å². The van der Waals surface area contributed by atoms with E-state index in [1.165, 1.54) is 6.08 Å². The molecule has 0 radical (unpaired) electrons. The Labute approximate surface area is 154 Å². The number of allylic oxidation sites excluding steroid dienone is 1. The van der Waals surface area contributed by atoms with E-state index in [1.54, 1.807) is 12.3 Å². The fourth-order valence-corrected chi connectivity index (χ4v) is 3.21. The molecule has 0 aliphatic carbocycles. The van der Waals surface area contributed by atoms with Crippen LogP contribution in [0.1, 0.15) is 12.8 Å². The summed E-state index contributed by atoms with van der Waals surface area (Å²) in [5, 5.41) is 12.4. The summed E-state index contributed by atoms with van der Waals surface area (Å²) in [5.74, 6) is -1.40. The molecular weight excluding hydrogens is 346 g/mol. The van der Waals surface area contributed by atoms with Gasteiger partial charge >= 0.3 is 0 Å². The first-order valence-electron chi connectivity index (χ1n) is 8.47. The summed E-state index contributed by atoms with van der Waals surface area (Å²) < 4.78 is 0. The summed E-state index contributed by atoms with van der Waals surface area (Å²) in [7, 11) is 0. The van der Waals surface area contributed by atoms with E-state index in [2.05, 4.69) is 27.4 Å². The number of hydrogen-bond donors (Lipinski definition) is 3. The van der Waals surface area contributed by atoms with Gasteiger partial charge in [-0.05, 0) is 31.0 Å². The Morgan fingerprint density at radius 3 is 2.81 bits per heavy atom. The Morgan fingerprint density at radius 1 is 1.22 bits per heavy atom. The van der Waals surface area contributed by atoms with Gasteiger partial charge in [0.05, 0.1) is 5.69 Å². The van der Waals surface area contributed by atoms with E-state index in [1.807, 2.05) is 24.3 Å². The van der Waals surface area contributed by atoms with Crippen LogP contribution in [0.25, 0.3) is 11.3 Å². The lowest BCUT2D eigenvalue weighted by molar-refractivity contribution is -0.146. The van der Waals surface area contributed by atoms with Crippen LogP contribution < -0.4 is 10.6 Å². The van der Waals surface area contributed by atoms with E-state index in [0.717, 1.165) is 16.2 Å². The van der Waals surface area contributed by atoms with Gasteiger partial charge in [0.25, 0.3) is 11.8 Å². The molecule has 0 saturated carbocycles. The van der Waals surface area contributed by atoms with Crippen molar-refractivity contribution in [3.63, 3.8) is 0 Å². The molecule has 136 valence electrons. The number of nitrogens with one attached hydrogen (secondary N) is 3. The van der Waals surface area contributed by atoms with E-state index in [0.29, 0.717) is 24.2 Å². The summed E-state index contributed by atoms with van der Waals surface area (Å²) in [5.41, 5.74) is 3.10. The summed E-state index contributed by atoms with van der Waals surface area (Å²) in [6.07, 6.45) is 3.78. The molecule has 3 heterocycles. The number of aromatic nitrogens is 2. The third-order valence-electron chi connectivity index (χ3n) is 4.54. The number of hydrogen-bond acceptors (Lipinski definition) is 5. The van der Waals surface area contributed by atoms with Crippen molar-refractivity contribution in [1.29, 1.82) is 0 Å². The molecule has 2 aliphatic heterocycles. The second-order valence-corrected chi connectivity index (χ2v) is 6.39. The van der Waals surface area contributed by atoms with Gasteiger partial charge in [-0.1, -0.05) is 18.7 Å². The lowest BCUT2D eigenvalue weighted by Gasteiger charge is -2.29. The molecule has 1 aromatic heterocycles. The minimum atomic E-state index is -0.817. The molecule has 27 heavy (non-hydrogen) atoms. The van der Waals surface area contributed by atoms with Gasteiger partial charge in [0.15, 0.2) is 0 Å². The first kappa shape index (κ1) is 16.8. The Kier molecular flexibility index (Phi) is 4.08. The monoisotopic (exact) mass is 363 g/mol. The van der Waals surface area contributed by atoms with E-state index in [4.69, 9.17) is 0 Å². The Bertz CT molecular complexity index is 977. The van der Waals surface area contributed by atoms with Crippen LogP contribution in [-0.2, 0) is 14.4 Å². The normalized spacial score (nSPS) is 19.9. The van der Waals surface area contributed by atoms with E-state index < -0.39 is 17.9 Å². The van der Waals surface area contributed by atoms with Crippen LogP contribution in [0.3, 0.4) is 0 Å². The zero-order valence-corrected chi connectivity index (χ0v) is 14.4. The minimum absolute atomic E-state index is 0.138. The number of nitrogens with zero attached hydrogens (tertiary/aromatic N) is 2. The molecule has 1 unspecified atom stereocenters. The molecule has 1 fully saturated rings. The molecule has 1 saturated heterocycles. The average molecular weight is 363 g/mol. The van der Waals surface area contributed by atoms with Crippen molar-refractivity contribution in [2.45, 2.75) is 18.9 Å². The van der Waals surface area contributed by atoms with Gasteiger partial charge in [-0.15, -0.1) is 0 Å². The highest BCUT2D eigenvalue weighted by Gasteiger charge is 2.41. The number of carbonyl (C=O) groups is 3. The van der Waals surface area contributed by atoms with Crippen molar-refractivity contribution in [3.05, 3.63) is 60.6 Å². The SMILES string of the molecule is C=C1CCC(N2C(=O)C=C(Nc3cccc(-c4ccn[nH]4)c3)C2=O)C(=O)N1. The molecule has 2 aliphatic rings. The maximum absolute atomic E-state index is 12.7. The first-order chi connectivity index (χ1) is 13.0. The predicted molar refractivity (Wildman–Crippen MR) is 97.9 cm³/mol. The third kappa shape index (κ3) is 3.12. The van der Waals surface area contributed by atoms with Crippen LogP contribution in [0.2, 0.25) is 0 Å². The fourth-order valence-electron chi connectivity index (χ4n) is 3.21. The molecule has 8 nitrogen and oxygen atoms in total. The molecule has 8 heteroatoms. The maximum atomic E-state index is 12.7. The summed E-state index contributed by atoms with van der Waals surface area (Å²) in [4.78, 5) is 38.2. The van der Waals surface area contributed by atoms with Gasteiger partial charge < -0.3 is 10.6 Å². The molecule has 1 aromatic carbocycles. The number of imide groups is 1. The maximum Gasteiger partial charge on any atom is 0.278 e. The highest BCUT2D eigenvalue weighted by atomic mass is 16.2. The quantitative estimate of drug-likeness (QED) is 0.714. The van der Waals surface area contributed by atoms with Gasteiger partial charge in [0, 0.05) is 29.2 Å². The third-order valence-corrected chi connectivity index (χ3v) is 4.54. The van der Waals surface area contributed by atoms with Crippen LogP contribution in [-0.4, -0.2) is 38.9 Å². The van der Waals surface area contributed by atoms with E-state index in [-0.39, 0.29) is 11.6 Å². The summed E-state index contributed by atoms with van der Waals surface area (Å²) in [6, 6.07) is 8.38. The van der Waals surface area contributed by atoms with Crippen molar-refractivity contribution in [2.24, 2.45) is 0 Å². The van der Waals surface area contributed by atoms with Crippen molar-refractivity contribution in [3.8, 4) is 11.3 Å². The Balaban J connectivity index is 1.52. The fraction of sp³-hybridized carbons (Fsp3) is 0.158. The number of rotatable bonds is 4. The standard InChI is InChI=1S/C19H17N5O3/c1-11-5-6-16(18(26)21-11)24-17(25)10-15(19(24)27)22-13-4-2-3-12(9-13)14-7-8-20-23-14/h2-4,7-10,16,22H,1,5-6H2,(H,20,23)(H,21,26). The van der Waals surface area contributed by atoms with Crippen LogP contribution in [0.5, 0.6) is 0 Å². The van der Waals surface area contributed by atoms with E-state index in [9.17, 15) is 14.4 Å². The van der Waals surface area contributed by atoms with Gasteiger partial charge in [-0.2, -0.15) is 5.10 Å². The minimum Gasteiger partial charge on any atom is -0.351 e. The molecule has 0 spiro atoms.